The second-order valence-corrected chi connectivity index (χ2v) is 5.80. The highest BCUT2D eigenvalue weighted by Crippen LogP contribution is 2.26. The molecule has 0 aliphatic rings. The Labute approximate surface area is 100 Å². The maximum atomic E-state index is 5.85. The summed E-state index contributed by atoms with van der Waals surface area (Å²) in [6.45, 7) is 7.65. The van der Waals surface area contributed by atoms with Crippen molar-refractivity contribution in [3.05, 3.63) is 35.9 Å². The van der Waals surface area contributed by atoms with Crippen LogP contribution in [-0.2, 0) is 0 Å². The van der Waals surface area contributed by atoms with E-state index >= 15 is 0 Å². The molecule has 0 spiro atoms. The number of hydrogen-bond acceptors (Lipinski definition) is 1. The molecule has 0 heterocycles. The Morgan fingerprint density at radius 3 is 2.25 bits per heavy atom. The van der Waals surface area contributed by atoms with E-state index in [1.54, 1.807) is 0 Å². The van der Waals surface area contributed by atoms with Crippen molar-refractivity contribution >= 4 is 0 Å². The highest BCUT2D eigenvalue weighted by molar-refractivity contribution is 5.19. The minimum absolute atomic E-state index is 0.440. The van der Waals surface area contributed by atoms with Gasteiger partial charge in [-0.15, -0.1) is 0 Å². The summed E-state index contributed by atoms with van der Waals surface area (Å²) in [5.74, 6) is 0.531. The number of rotatable bonds is 5. The zero-order valence-electron chi connectivity index (χ0n) is 10.9. The third-order valence-corrected chi connectivity index (χ3v) is 3.03. The molecular weight excluding hydrogens is 194 g/mol. The predicted molar refractivity (Wildman–Crippen MR) is 71.5 cm³/mol. The van der Waals surface area contributed by atoms with Crippen molar-refractivity contribution in [2.75, 3.05) is 6.54 Å². The first-order valence-electron chi connectivity index (χ1n) is 6.28. The van der Waals surface area contributed by atoms with Crippen LogP contribution >= 0.6 is 0 Å². The van der Waals surface area contributed by atoms with Gasteiger partial charge in [-0.3, -0.25) is 0 Å². The van der Waals surface area contributed by atoms with E-state index < -0.39 is 0 Å². The van der Waals surface area contributed by atoms with Gasteiger partial charge >= 0.3 is 0 Å². The summed E-state index contributed by atoms with van der Waals surface area (Å²) in [5.41, 5.74) is 7.68. The summed E-state index contributed by atoms with van der Waals surface area (Å²) < 4.78 is 0. The normalized spacial score (nSPS) is 13.8. The van der Waals surface area contributed by atoms with Crippen LogP contribution in [0.3, 0.4) is 0 Å². The SMILES string of the molecule is CC(C)(C)CCCC(CN)c1ccccc1. The number of nitrogens with two attached hydrogens (primary N) is 1. The maximum Gasteiger partial charge on any atom is -0.000824 e. The summed E-state index contributed by atoms with van der Waals surface area (Å²) in [5, 5.41) is 0. The number of hydrogen-bond donors (Lipinski definition) is 1. The number of benzene rings is 1. The van der Waals surface area contributed by atoms with Gasteiger partial charge in [0.1, 0.15) is 0 Å². The van der Waals surface area contributed by atoms with E-state index in [-0.39, 0.29) is 0 Å². The molecule has 90 valence electrons. The van der Waals surface area contributed by atoms with E-state index in [2.05, 4.69) is 51.1 Å². The van der Waals surface area contributed by atoms with Gasteiger partial charge in [0.05, 0.1) is 0 Å². The van der Waals surface area contributed by atoms with Gasteiger partial charge in [0.2, 0.25) is 0 Å². The van der Waals surface area contributed by atoms with Gasteiger partial charge < -0.3 is 5.73 Å². The highest BCUT2D eigenvalue weighted by atomic mass is 14.5. The second kappa shape index (κ2) is 6.05. The summed E-state index contributed by atoms with van der Waals surface area (Å²) in [7, 11) is 0. The highest BCUT2D eigenvalue weighted by Gasteiger charge is 2.13. The molecule has 0 saturated heterocycles. The van der Waals surface area contributed by atoms with Crippen LogP contribution in [0, 0.1) is 5.41 Å². The molecule has 0 amide bonds. The van der Waals surface area contributed by atoms with Gasteiger partial charge in [0.25, 0.3) is 0 Å². The van der Waals surface area contributed by atoms with Crippen LogP contribution in [0.25, 0.3) is 0 Å². The molecule has 0 fully saturated rings. The molecule has 1 atom stereocenters. The van der Waals surface area contributed by atoms with Crippen molar-refractivity contribution in [2.24, 2.45) is 11.1 Å². The lowest BCUT2D eigenvalue weighted by atomic mass is 9.86. The maximum absolute atomic E-state index is 5.85. The van der Waals surface area contributed by atoms with Gasteiger partial charge in [-0.05, 0) is 36.3 Å². The molecule has 16 heavy (non-hydrogen) atoms. The Bertz CT molecular complexity index is 284. The van der Waals surface area contributed by atoms with E-state index in [1.165, 1.54) is 24.8 Å². The van der Waals surface area contributed by atoms with E-state index in [1.807, 2.05) is 0 Å². The van der Waals surface area contributed by atoms with E-state index in [9.17, 15) is 0 Å². The monoisotopic (exact) mass is 219 g/mol. The van der Waals surface area contributed by atoms with Crippen LogP contribution < -0.4 is 5.73 Å². The molecule has 1 unspecified atom stereocenters. The van der Waals surface area contributed by atoms with Crippen molar-refractivity contribution < 1.29 is 0 Å². The smallest absolute Gasteiger partial charge is 0.000824 e. The fourth-order valence-electron chi connectivity index (χ4n) is 2.02. The largest absolute Gasteiger partial charge is 0.330 e. The molecule has 1 rings (SSSR count). The zero-order valence-corrected chi connectivity index (χ0v) is 10.9. The fourth-order valence-corrected chi connectivity index (χ4v) is 2.02. The van der Waals surface area contributed by atoms with Crippen LogP contribution in [0.4, 0.5) is 0 Å². The summed E-state index contributed by atoms with van der Waals surface area (Å²) in [4.78, 5) is 0. The van der Waals surface area contributed by atoms with E-state index in [0.717, 1.165) is 6.54 Å². The molecular formula is C15H25N. The van der Waals surface area contributed by atoms with Crippen LogP contribution in [-0.4, -0.2) is 6.54 Å². The minimum Gasteiger partial charge on any atom is -0.330 e. The van der Waals surface area contributed by atoms with Crippen LogP contribution in [0.5, 0.6) is 0 Å². The molecule has 0 radical (unpaired) electrons. The first kappa shape index (κ1) is 13.2. The standard InChI is InChI=1S/C15H25N/c1-15(2,3)11-7-10-14(12-16)13-8-5-4-6-9-13/h4-6,8-9,14H,7,10-12,16H2,1-3H3. The van der Waals surface area contributed by atoms with E-state index in [4.69, 9.17) is 5.73 Å². The Hall–Kier alpha value is -0.820. The molecule has 0 aromatic heterocycles. The van der Waals surface area contributed by atoms with Crippen molar-refractivity contribution in [3.8, 4) is 0 Å². The molecule has 2 N–H and O–H groups in total. The van der Waals surface area contributed by atoms with Crippen LogP contribution in [0.2, 0.25) is 0 Å². The Balaban J connectivity index is 2.45. The third-order valence-electron chi connectivity index (χ3n) is 3.03. The molecule has 1 nitrogen and oxygen atoms in total. The molecule has 1 heteroatoms. The molecule has 0 aliphatic heterocycles. The molecule has 0 bridgehead atoms. The predicted octanol–water partition coefficient (Wildman–Crippen LogP) is 3.95. The van der Waals surface area contributed by atoms with Crippen LogP contribution in [0.15, 0.2) is 30.3 Å². The third kappa shape index (κ3) is 4.80. The average Bonchev–Trinajstić information content (AvgIpc) is 2.24. The summed E-state index contributed by atoms with van der Waals surface area (Å²) >= 11 is 0. The van der Waals surface area contributed by atoms with Crippen molar-refractivity contribution in [3.63, 3.8) is 0 Å². The Morgan fingerprint density at radius 2 is 1.75 bits per heavy atom. The van der Waals surface area contributed by atoms with Crippen molar-refractivity contribution in [2.45, 2.75) is 46.0 Å². The van der Waals surface area contributed by atoms with Gasteiger partial charge in [0.15, 0.2) is 0 Å². The fraction of sp³-hybridized carbons (Fsp3) is 0.600. The van der Waals surface area contributed by atoms with Gasteiger partial charge in [-0.25, -0.2) is 0 Å². The van der Waals surface area contributed by atoms with Crippen LogP contribution in [0.1, 0.15) is 51.5 Å². The van der Waals surface area contributed by atoms with Crippen molar-refractivity contribution in [1.82, 2.24) is 0 Å². The average molecular weight is 219 g/mol. The molecule has 1 aromatic rings. The van der Waals surface area contributed by atoms with Gasteiger partial charge in [0, 0.05) is 0 Å². The topological polar surface area (TPSA) is 26.0 Å². The Kier molecular flexibility index (Phi) is 5.01. The minimum atomic E-state index is 0.440. The van der Waals surface area contributed by atoms with Gasteiger partial charge in [-0.1, -0.05) is 57.5 Å². The first-order chi connectivity index (χ1) is 7.53. The molecule has 1 aromatic carbocycles. The summed E-state index contributed by atoms with van der Waals surface area (Å²) in [6, 6.07) is 10.6. The summed E-state index contributed by atoms with van der Waals surface area (Å²) in [6.07, 6.45) is 3.74. The quantitative estimate of drug-likeness (QED) is 0.797. The zero-order chi connectivity index (χ0) is 12.0. The lowest BCUT2D eigenvalue weighted by Gasteiger charge is -2.20. The molecule has 0 aliphatic carbocycles. The van der Waals surface area contributed by atoms with E-state index in [0.29, 0.717) is 11.3 Å². The lowest BCUT2D eigenvalue weighted by molar-refractivity contribution is 0.353. The first-order valence-corrected chi connectivity index (χ1v) is 6.28. The lowest BCUT2D eigenvalue weighted by Crippen LogP contribution is -2.13. The Morgan fingerprint density at radius 1 is 1.12 bits per heavy atom. The van der Waals surface area contributed by atoms with Gasteiger partial charge in [-0.2, -0.15) is 0 Å². The second-order valence-electron chi connectivity index (χ2n) is 5.80. The molecule has 0 saturated carbocycles. The van der Waals surface area contributed by atoms with Crippen molar-refractivity contribution in [1.29, 1.82) is 0 Å².